The molecule has 0 saturated heterocycles. The van der Waals surface area contributed by atoms with Crippen molar-refractivity contribution in [3.8, 4) is 77.9 Å². The van der Waals surface area contributed by atoms with Gasteiger partial charge >= 0.3 is 0 Å². The highest BCUT2D eigenvalue weighted by Crippen LogP contribution is 2.55. The van der Waals surface area contributed by atoms with E-state index in [0.717, 1.165) is 156 Å². The third-order valence-electron chi connectivity index (χ3n) is 22.3. The Kier molecular flexibility index (Phi) is 15.3. The van der Waals surface area contributed by atoms with Crippen LogP contribution >= 0.6 is 0 Å². The van der Waals surface area contributed by atoms with Gasteiger partial charge in [0.15, 0.2) is 0 Å². The first-order valence-corrected chi connectivity index (χ1v) is 37.2. The van der Waals surface area contributed by atoms with Crippen molar-refractivity contribution >= 4 is 101 Å². The van der Waals surface area contributed by atoms with E-state index in [2.05, 4.69) is 390 Å². The molecule has 0 unspecified atom stereocenters. The molecule has 4 nitrogen and oxygen atoms in total. The van der Waals surface area contributed by atoms with E-state index in [1.165, 1.54) is 38.6 Å². The van der Waals surface area contributed by atoms with E-state index in [-0.39, 0.29) is 28.4 Å². The standard InChI is InChI=1S/C100H85BN2O2/c1-97(2,3)70-34-20-30-63(54-70)76-42-24-43-77(64-31-21-35-71(55-64)98(4,5)6)95(76)102-84-52-50-67(74-40-26-48-90-92(74)80-38-16-18-46-88(80)104-90)58-82(84)101-83-59-68(75-41-27-49-91-93(75)81-39-17-19-47-89(81)105-91)51-53-85(83)103(87-61-69(60-86(102)94(87)101)62-28-14-13-15-29-62)96-78(65-32-22-36-72(56-65)99(7,8)9)44-25-45-79(96)66-33-23-37-73(57-66)100(10,11)12/h13-61H,1-12H3. The average molecular weight is 1360 g/mol. The molecule has 0 fully saturated rings. The number of rotatable bonds is 9. The molecule has 0 spiro atoms. The monoisotopic (exact) mass is 1360 g/mol. The van der Waals surface area contributed by atoms with Crippen LogP contribution in [0.3, 0.4) is 0 Å². The minimum Gasteiger partial charge on any atom is -0.456 e. The number of hydrogen-bond donors (Lipinski definition) is 0. The Balaban J connectivity index is 1.03. The van der Waals surface area contributed by atoms with E-state index in [1.54, 1.807) is 0 Å². The second-order valence-electron chi connectivity index (χ2n) is 33.2. The summed E-state index contributed by atoms with van der Waals surface area (Å²) in [6.07, 6.45) is 0. The highest BCUT2D eigenvalue weighted by molar-refractivity contribution is 7.00. The molecule has 0 amide bonds. The van der Waals surface area contributed by atoms with Gasteiger partial charge in [0.05, 0.1) is 11.4 Å². The van der Waals surface area contributed by atoms with Crippen LogP contribution in [0.5, 0.6) is 0 Å². The summed E-state index contributed by atoms with van der Waals surface area (Å²) in [6, 6.07) is 113. The fraction of sp³-hybridized carbons (Fsp3) is 0.160. The molecule has 4 heterocycles. The number of hydrogen-bond acceptors (Lipinski definition) is 4. The van der Waals surface area contributed by atoms with Crippen LogP contribution in [0.25, 0.3) is 122 Å². The molecule has 0 bridgehead atoms. The lowest BCUT2D eigenvalue weighted by Gasteiger charge is -2.46. The number of nitrogens with zero attached hydrogens (tertiary/aromatic N) is 2. The Morgan fingerprint density at radius 2 is 0.543 bits per heavy atom. The summed E-state index contributed by atoms with van der Waals surface area (Å²) in [6.45, 7) is 27.6. The van der Waals surface area contributed by atoms with Gasteiger partial charge in [-0.3, -0.25) is 0 Å². The largest absolute Gasteiger partial charge is 0.456 e. The third-order valence-corrected chi connectivity index (χ3v) is 22.3. The molecule has 18 rings (SSSR count). The smallest absolute Gasteiger partial charge is 0.252 e. The summed E-state index contributed by atoms with van der Waals surface area (Å²) in [5, 5.41) is 4.40. The molecule has 510 valence electrons. The van der Waals surface area contributed by atoms with Crippen LogP contribution in [0.2, 0.25) is 0 Å². The van der Waals surface area contributed by atoms with Gasteiger partial charge in [-0.2, -0.15) is 0 Å². The minimum atomic E-state index is -0.328. The van der Waals surface area contributed by atoms with Crippen LogP contribution in [0.15, 0.2) is 306 Å². The van der Waals surface area contributed by atoms with Crippen molar-refractivity contribution in [2.45, 2.75) is 105 Å². The highest BCUT2D eigenvalue weighted by atomic mass is 16.3. The fourth-order valence-electron chi connectivity index (χ4n) is 16.8. The lowest BCUT2D eigenvalue weighted by atomic mass is 9.33. The highest BCUT2D eigenvalue weighted by Gasteiger charge is 2.46. The van der Waals surface area contributed by atoms with Crippen LogP contribution < -0.4 is 26.2 Å². The van der Waals surface area contributed by atoms with Crippen molar-refractivity contribution in [3.63, 3.8) is 0 Å². The van der Waals surface area contributed by atoms with Crippen LogP contribution in [0.4, 0.5) is 34.1 Å². The quantitative estimate of drug-likeness (QED) is 0.135. The van der Waals surface area contributed by atoms with Gasteiger partial charge in [-0.15, -0.1) is 0 Å². The van der Waals surface area contributed by atoms with Gasteiger partial charge in [0.2, 0.25) is 0 Å². The maximum absolute atomic E-state index is 6.75. The first kappa shape index (κ1) is 65.4. The second-order valence-corrected chi connectivity index (χ2v) is 33.2. The zero-order valence-corrected chi connectivity index (χ0v) is 62.1. The lowest BCUT2D eigenvalue weighted by molar-refractivity contribution is 0.590. The van der Waals surface area contributed by atoms with Gasteiger partial charge < -0.3 is 18.6 Å². The average Bonchev–Trinajstić information content (AvgIpc) is 1.11. The summed E-state index contributed by atoms with van der Waals surface area (Å²) in [7, 11) is 0. The second kappa shape index (κ2) is 24.5. The summed E-state index contributed by atoms with van der Waals surface area (Å²) in [5.41, 5.74) is 34.3. The summed E-state index contributed by atoms with van der Waals surface area (Å²) < 4.78 is 13.5. The maximum atomic E-state index is 6.75. The molecule has 0 saturated carbocycles. The molecule has 14 aromatic carbocycles. The molecule has 0 aliphatic carbocycles. The summed E-state index contributed by atoms with van der Waals surface area (Å²) in [4.78, 5) is 5.40. The summed E-state index contributed by atoms with van der Waals surface area (Å²) in [5.74, 6) is 0. The van der Waals surface area contributed by atoms with E-state index >= 15 is 0 Å². The molecule has 2 aliphatic heterocycles. The molecule has 0 N–H and O–H groups in total. The molecule has 0 atom stereocenters. The van der Waals surface area contributed by atoms with Crippen molar-refractivity contribution in [1.82, 2.24) is 0 Å². The van der Waals surface area contributed by atoms with Gasteiger partial charge in [0.25, 0.3) is 6.71 Å². The molecule has 5 heteroatoms. The number of anilines is 6. The number of benzene rings is 14. The first-order chi connectivity index (χ1) is 50.6. The summed E-state index contributed by atoms with van der Waals surface area (Å²) >= 11 is 0. The Morgan fingerprint density at radius 1 is 0.238 bits per heavy atom. The van der Waals surface area contributed by atoms with Gasteiger partial charge in [0.1, 0.15) is 22.3 Å². The van der Waals surface area contributed by atoms with Crippen molar-refractivity contribution in [2.75, 3.05) is 9.80 Å². The maximum Gasteiger partial charge on any atom is 0.252 e. The Bertz CT molecular complexity index is 5670. The number of furan rings is 2. The Hall–Kier alpha value is -11.7. The van der Waals surface area contributed by atoms with E-state index in [0.29, 0.717) is 0 Å². The van der Waals surface area contributed by atoms with Crippen molar-refractivity contribution in [3.05, 3.63) is 320 Å². The predicted octanol–water partition coefficient (Wildman–Crippen LogP) is 26.4. The number of fused-ring (bicyclic) bond motifs is 10. The lowest BCUT2D eigenvalue weighted by Crippen LogP contribution is -2.61. The Morgan fingerprint density at radius 3 is 0.914 bits per heavy atom. The van der Waals surface area contributed by atoms with Crippen molar-refractivity contribution in [1.29, 1.82) is 0 Å². The SMILES string of the molecule is CC(C)(C)c1cccc(-c2cccc(-c3cccc(C(C)(C)C)c3)c2N2c3ccc(-c4cccc5oc6ccccc6c45)cc3B3c4cc(-c5cccc6oc7ccccc7c56)ccc4N(c4c(-c5cccc(C(C)(C)C)c5)cccc4-c4cccc(C(C)(C)C)c4)c4cc(-c5ccccc5)cc2c43)c1. The number of para-hydroxylation sites is 4. The minimum absolute atomic E-state index is 0.119. The molecule has 2 aromatic heterocycles. The van der Waals surface area contributed by atoms with E-state index in [4.69, 9.17) is 8.83 Å². The zero-order chi connectivity index (χ0) is 72.0. The molecule has 105 heavy (non-hydrogen) atoms. The molecule has 0 radical (unpaired) electrons. The van der Waals surface area contributed by atoms with Gasteiger partial charge in [-0.1, -0.05) is 332 Å². The van der Waals surface area contributed by atoms with E-state index in [1.807, 2.05) is 0 Å². The molecular formula is C100H85BN2O2. The normalized spacial score (nSPS) is 13.1. The van der Waals surface area contributed by atoms with Crippen molar-refractivity contribution < 1.29 is 8.83 Å². The van der Waals surface area contributed by atoms with Gasteiger partial charge in [-0.05, 0) is 164 Å². The molecule has 16 aromatic rings. The predicted molar refractivity (Wildman–Crippen MR) is 448 cm³/mol. The Labute approximate surface area is 618 Å². The van der Waals surface area contributed by atoms with Crippen LogP contribution in [0, 0.1) is 0 Å². The van der Waals surface area contributed by atoms with Crippen LogP contribution in [0.1, 0.15) is 105 Å². The van der Waals surface area contributed by atoms with Crippen LogP contribution in [-0.2, 0) is 21.7 Å². The van der Waals surface area contributed by atoms with Crippen LogP contribution in [-0.4, -0.2) is 6.71 Å². The zero-order valence-electron chi connectivity index (χ0n) is 62.1. The molecular weight excluding hydrogens is 1270 g/mol. The van der Waals surface area contributed by atoms with Gasteiger partial charge in [0, 0.05) is 66.5 Å². The van der Waals surface area contributed by atoms with E-state index < -0.39 is 0 Å². The van der Waals surface area contributed by atoms with Crippen molar-refractivity contribution in [2.24, 2.45) is 0 Å². The van der Waals surface area contributed by atoms with E-state index in [9.17, 15) is 0 Å². The first-order valence-electron chi connectivity index (χ1n) is 37.2. The van der Waals surface area contributed by atoms with Gasteiger partial charge in [-0.25, -0.2) is 0 Å². The topological polar surface area (TPSA) is 32.8 Å². The fourth-order valence-corrected chi connectivity index (χ4v) is 16.8. The third kappa shape index (κ3) is 11.1. The molecule has 2 aliphatic rings.